The molecule has 0 saturated carbocycles. The molecule has 1 aromatic rings. The normalized spacial score (nSPS) is 14.4. The number of aliphatic hydroxyl groups is 1. The Kier molecular flexibility index (Phi) is 38.0. The number of nitrogens with zero attached hydrogens (tertiary/aromatic N) is 1. The van der Waals surface area contributed by atoms with Crippen molar-refractivity contribution in [3.05, 3.63) is 48.0 Å². The third-order valence-electron chi connectivity index (χ3n) is 6.69. The summed E-state index contributed by atoms with van der Waals surface area (Å²) < 4.78 is 0. The first-order valence-electron chi connectivity index (χ1n) is 18.0. The molecule has 3 atom stereocenters. The average Bonchev–Trinajstić information content (AvgIpc) is 3.79. The molecule has 1 aliphatic carbocycles. The quantitative estimate of drug-likeness (QED) is 0.0903. The van der Waals surface area contributed by atoms with E-state index in [1.165, 1.54) is 24.7 Å². The Morgan fingerprint density at radius 3 is 1.90 bits per heavy atom. The molecule has 0 spiro atoms. The van der Waals surface area contributed by atoms with Crippen LogP contribution >= 0.6 is 0 Å². The summed E-state index contributed by atoms with van der Waals surface area (Å²) in [7, 11) is 1.00. The van der Waals surface area contributed by atoms with Crippen LogP contribution in [0.4, 0.5) is 4.79 Å². The minimum Gasteiger partial charge on any atom is -0.400 e. The van der Waals surface area contributed by atoms with E-state index in [1.807, 2.05) is 52.0 Å². The number of benzene rings is 1. The lowest BCUT2D eigenvalue weighted by Gasteiger charge is -2.31. The van der Waals surface area contributed by atoms with Crippen LogP contribution in [0.15, 0.2) is 36.9 Å². The van der Waals surface area contributed by atoms with Crippen molar-refractivity contribution in [3.63, 3.8) is 0 Å². The first-order chi connectivity index (χ1) is 24.1. The number of nitrogens with two attached hydrogens (primary N) is 1. The lowest BCUT2D eigenvalue weighted by molar-refractivity contribution is -0.141. The van der Waals surface area contributed by atoms with Gasteiger partial charge < -0.3 is 31.7 Å². The predicted molar refractivity (Wildman–Crippen MR) is 206 cm³/mol. The van der Waals surface area contributed by atoms with E-state index in [1.54, 1.807) is 6.08 Å². The predicted octanol–water partition coefficient (Wildman–Crippen LogP) is 5.33. The molecule has 1 aromatic carbocycles. The molecule has 0 bridgehead atoms. The van der Waals surface area contributed by atoms with E-state index in [9.17, 15) is 24.0 Å². The molecule has 11 heteroatoms. The minimum atomic E-state index is -0.821. The summed E-state index contributed by atoms with van der Waals surface area (Å²) in [5, 5.41) is 14.8. The molecule has 286 valence electrons. The van der Waals surface area contributed by atoms with Crippen molar-refractivity contribution in [2.24, 2.45) is 11.7 Å². The Morgan fingerprint density at radius 1 is 1.02 bits per heavy atom. The number of hydrogen-bond acceptors (Lipinski definition) is 6. The first-order valence-corrected chi connectivity index (χ1v) is 18.0. The lowest BCUT2D eigenvalue weighted by atomic mass is 9.95. The Morgan fingerprint density at radius 2 is 1.52 bits per heavy atom. The lowest BCUT2D eigenvalue weighted by Crippen LogP contribution is -2.57. The molecule has 3 rings (SSSR count). The number of carbonyl (C=O) groups excluding carboxylic acids is 5. The highest BCUT2D eigenvalue weighted by Gasteiger charge is 2.42. The van der Waals surface area contributed by atoms with Gasteiger partial charge in [0.15, 0.2) is 5.78 Å². The molecule has 1 aliphatic heterocycles. The Hall–Kier alpha value is -4.17. The Labute approximate surface area is 303 Å². The number of nitrogens with one attached hydrogen (secondary N) is 3. The van der Waals surface area contributed by atoms with E-state index in [2.05, 4.69) is 56.1 Å². The van der Waals surface area contributed by atoms with Gasteiger partial charge in [-0.25, -0.2) is 4.79 Å². The number of ketones is 1. The second-order valence-electron chi connectivity index (χ2n) is 10.8. The van der Waals surface area contributed by atoms with Crippen LogP contribution in [0.25, 0.3) is 0 Å². The monoisotopic (exact) mass is 704 g/mol. The summed E-state index contributed by atoms with van der Waals surface area (Å²) in [6, 6.07) is 4.97. The van der Waals surface area contributed by atoms with Crippen molar-refractivity contribution in [3.8, 4) is 12.3 Å². The number of urea groups is 1. The van der Waals surface area contributed by atoms with Crippen molar-refractivity contribution in [1.82, 2.24) is 20.9 Å². The molecular formula is C39H69N5O6. The third-order valence-corrected chi connectivity index (χ3v) is 6.69. The fraction of sp³-hybridized carbons (Fsp3) is 0.615. The van der Waals surface area contributed by atoms with E-state index < -0.39 is 24.2 Å². The van der Waals surface area contributed by atoms with Gasteiger partial charge in [-0.2, -0.15) is 0 Å². The van der Waals surface area contributed by atoms with Crippen LogP contribution in [0.5, 0.6) is 0 Å². The van der Waals surface area contributed by atoms with Gasteiger partial charge in [0.2, 0.25) is 18.2 Å². The Bertz CT molecular complexity index is 1070. The van der Waals surface area contributed by atoms with Gasteiger partial charge in [0, 0.05) is 26.6 Å². The minimum absolute atomic E-state index is 0.141. The van der Waals surface area contributed by atoms with Gasteiger partial charge in [-0.3, -0.25) is 19.2 Å². The zero-order valence-corrected chi connectivity index (χ0v) is 32.6. The maximum Gasteiger partial charge on any atom is 0.312 e. The van der Waals surface area contributed by atoms with Crippen molar-refractivity contribution in [1.29, 1.82) is 0 Å². The van der Waals surface area contributed by atoms with E-state index in [-0.39, 0.29) is 23.5 Å². The summed E-state index contributed by atoms with van der Waals surface area (Å²) in [5.74, 6) is 1.46. The van der Waals surface area contributed by atoms with Crippen molar-refractivity contribution in [2.75, 3.05) is 20.2 Å². The SMILES string of the molecule is C#CCCC(NC(=O)C1CCCN1C(=O)C(NC(N)=O)C1Cc2ccccc2C1)C(C)=O.C=CCNC=O.CC.CC.CCC.CCC.CO. The molecular weight excluding hydrogens is 634 g/mol. The summed E-state index contributed by atoms with van der Waals surface area (Å²) in [4.78, 5) is 61.0. The van der Waals surface area contributed by atoms with Gasteiger partial charge in [-0.15, -0.1) is 18.9 Å². The van der Waals surface area contributed by atoms with Crippen LogP contribution in [0.3, 0.4) is 0 Å². The maximum absolute atomic E-state index is 13.5. The van der Waals surface area contributed by atoms with E-state index >= 15 is 0 Å². The summed E-state index contributed by atoms with van der Waals surface area (Å²) in [6.45, 7) is 22.2. The zero-order chi connectivity index (χ0) is 39.5. The maximum atomic E-state index is 13.5. The van der Waals surface area contributed by atoms with Crippen molar-refractivity contribution >= 4 is 30.0 Å². The highest BCUT2D eigenvalue weighted by Crippen LogP contribution is 2.31. The van der Waals surface area contributed by atoms with Crippen LogP contribution < -0.4 is 21.7 Å². The molecule has 50 heavy (non-hydrogen) atoms. The average molecular weight is 704 g/mol. The molecule has 1 fully saturated rings. The van der Waals surface area contributed by atoms with E-state index in [0.717, 1.165) is 18.2 Å². The smallest absolute Gasteiger partial charge is 0.312 e. The van der Waals surface area contributed by atoms with Gasteiger partial charge >= 0.3 is 6.03 Å². The van der Waals surface area contributed by atoms with Gasteiger partial charge in [0.1, 0.15) is 12.1 Å². The summed E-state index contributed by atoms with van der Waals surface area (Å²) in [6.07, 6.45) is 13.2. The topological polar surface area (TPSA) is 171 Å². The molecule has 2 aliphatic rings. The molecule has 11 nitrogen and oxygen atoms in total. The number of amides is 5. The van der Waals surface area contributed by atoms with Gasteiger partial charge in [-0.1, -0.05) is 98.6 Å². The molecule has 1 saturated heterocycles. The van der Waals surface area contributed by atoms with Crippen LogP contribution in [-0.4, -0.2) is 78.4 Å². The summed E-state index contributed by atoms with van der Waals surface area (Å²) >= 11 is 0. The number of fused-ring (bicyclic) bond motifs is 1. The van der Waals surface area contributed by atoms with Crippen molar-refractivity contribution in [2.45, 2.75) is 132 Å². The number of aliphatic hydroxyl groups excluding tert-OH is 1. The highest BCUT2D eigenvalue weighted by molar-refractivity contribution is 5.94. The van der Waals surface area contributed by atoms with Crippen LogP contribution in [-0.2, 0) is 32.0 Å². The second-order valence-corrected chi connectivity index (χ2v) is 10.8. The van der Waals surface area contributed by atoms with Gasteiger partial charge in [0.05, 0.1) is 6.04 Å². The number of terminal acetylenes is 1. The van der Waals surface area contributed by atoms with E-state index in [0.29, 0.717) is 58.0 Å². The number of primary amides is 1. The van der Waals surface area contributed by atoms with Gasteiger partial charge in [0.25, 0.3) is 0 Å². The number of hydrogen-bond donors (Lipinski definition) is 5. The van der Waals surface area contributed by atoms with Gasteiger partial charge in [-0.05, 0) is 56.1 Å². The fourth-order valence-electron chi connectivity index (χ4n) is 4.85. The van der Waals surface area contributed by atoms with Crippen molar-refractivity contribution < 1.29 is 29.1 Å². The number of carbonyl (C=O) groups is 5. The zero-order valence-electron chi connectivity index (χ0n) is 32.6. The van der Waals surface area contributed by atoms with E-state index in [4.69, 9.17) is 17.3 Å². The number of likely N-dealkylation sites (tertiary alicyclic amines) is 1. The van der Waals surface area contributed by atoms with Crippen LogP contribution in [0.2, 0.25) is 0 Å². The van der Waals surface area contributed by atoms with Crippen LogP contribution in [0.1, 0.15) is 112 Å². The number of rotatable bonds is 11. The summed E-state index contributed by atoms with van der Waals surface area (Å²) in [5.41, 5.74) is 7.69. The third kappa shape index (κ3) is 22.5. The molecule has 1 heterocycles. The highest BCUT2D eigenvalue weighted by atomic mass is 16.2. The Balaban J connectivity index is -0.000000495. The van der Waals surface area contributed by atoms with Crippen LogP contribution in [0, 0.1) is 18.3 Å². The first kappa shape index (κ1) is 52.6. The fourth-order valence-corrected chi connectivity index (χ4v) is 4.85. The largest absolute Gasteiger partial charge is 0.400 e. The molecule has 3 unspecified atom stereocenters. The second kappa shape index (κ2) is 36.1. The molecule has 0 radical (unpaired) electrons. The molecule has 5 amide bonds. The number of Topliss-reactive ketones (excluding diaryl/α,β-unsaturated/α-hetero) is 1. The standard InChI is InChI=1S/C24H30N4O4.C4H7NO.2C3H8.2C2H6.CH4O/c1-3-4-10-19(15(2)29)26-22(30)20-11-7-12-28(20)23(31)21(27-24(25)32)18-13-16-8-5-6-9-17(16)14-18;1-2-3-5-4-6;2*1-3-2;3*1-2/h1,5-6,8-9,18-21H,4,7,10-14H2,2H3,(H,26,30)(H3,25,27,32);2,4H,1,3H2,(H,5,6);2*3H2,1-2H3;2*1-2H3;2H,1H3. The molecule has 0 aromatic heterocycles. The molecule has 6 N–H and O–H groups in total.